The van der Waals surface area contributed by atoms with E-state index in [0.29, 0.717) is 22.5 Å². The highest BCUT2D eigenvalue weighted by Crippen LogP contribution is 2.23. The Balaban J connectivity index is 1.67. The van der Waals surface area contributed by atoms with Gasteiger partial charge in [0.05, 0.1) is 4.90 Å². The number of aryl methyl sites for hydroxylation is 3. The molecule has 32 heavy (non-hydrogen) atoms. The fourth-order valence-corrected chi connectivity index (χ4v) is 4.54. The van der Waals surface area contributed by atoms with Crippen LogP contribution in [0.5, 0.6) is 0 Å². The van der Waals surface area contributed by atoms with Crippen LogP contribution in [0.2, 0.25) is 0 Å². The van der Waals surface area contributed by atoms with Gasteiger partial charge in [0, 0.05) is 29.8 Å². The molecule has 0 aliphatic heterocycles. The summed E-state index contributed by atoms with van der Waals surface area (Å²) in [5.74, 6) is -0.473. The average Bonchev–Trinajstić information content (AvgIpc) is 2.73. The van der Waals surface area contributed by atoms with Crippen LogP contribution in [0.4, 0.5) is 11.4 Å². The summed E-state index contributed by atoms with van der Waals surface area (Å²) in [6.45, 7) is 5.51. The largest absolute Gasteiger partial charge is 0.326 e. The van der Waals surface area contributed by atoms with Gasteiger partial charge in [-0.1, -0.05) is 48.0 Å². The van der Waals surface area contributed by atoms with Gasteiger partial charge >= 0.3 is 0 Å². The molecule has 3 aromatic rings. The summed E-state index contributed by atoms with van der Waals surface area (Å²) in [7, 11) is -3.84. The highest BCUT2D eigenvalue weighted by Gasteiger charge is 2.18. The van der Waals surface area contributed by atoms with Crippen molar-refractivity contribution in [1.82, 2.24) is 0 Å². The Morgan fingerprint density at radius 1 is 0.781 bits per heavy atom. The predicted octanol–water partition coefficient (Wildman–Crippen LogP) is 5.01. The van der Waals surface area contributed by atoms with Crippen molar-refractivity contribution in [2.45, 2.75) is 38.5 Å². The molecule has 0 aliphatic rings. The number of nitrogens with one attached hydrogen (secondary N) is 2. The molecule has 0 unspecified atom stereocenters. The first-order valence-corrected chi connectivity index (χ1v) is 11.7. The lowest BCUT2D eigenvalue weighted by Crippen LogP contribution is -2.16. The fourth-order valence-electron chi connectivity index (χ4n) is 3.22. The van der Waals surface area contributed by atoms with Crippen LogP contribution in [0.1, 0.15) is 39.9 Å². The van der Waals surface area contributed by atoms with Crippen molar-refractivity contribution in [1.29, 1.82) is 0 Å². The Morgan fingerprint density at radius 2 is 1.50 bits per heavy atom. The van der Waals surface area contributed by atoms with Gasteiger partial charge in [0.1, 0.15) is 0 Å². The van der Waals surface area contributed by atoms with E-state index in [1.807, 2.05) is 32.0 Å². The number of carbonyl (C=O) groups is 2. The number of ketones is 1. The molecule has 0 saturated carbocycles. The summed E-state index contributed by atoms with van der Waals surface area (Å²) in [6, 6.07) is 19.0. The maximum atomic E-state index is 12.9. The third kappa shape index (κ3) is 6.04. The minimum Gasteiger partial charge on any atom is -0.326 e. The average molecular weight is 451 g/mol. The van der Waals surface area contributed by atoms with E-state index < -0.39 is 10.0 Å². The zero-order chi connectivity index (χ0) is 23.3. The number of benzene rings is 3. The van der Waals surface area contributed by atoms with E-state index in [1.165, 1.54) is 6.07 Å². The van der Waals surface area contributed by atoms with Crippen molar-refractivity contribution in [3.63, 3.8) is 0 Å². The van der Waals surface area contributed by atoms with E-state index in [1.54, 1.807) is 49.4 Å². The quantitative estimate of drug-likeness (QED) is 0.472. The lowest BCUT2D eigenvalue weighted by atomic mass is 10.0. The van der Waals surface area contributed by atoms with Crippen molar-refractivity contribution >= 4 is 33.1 Å². The standard InChI is InChI=1S/C25H26N2O4S/c1-17-7-10-20(11-8-17)23(28)13-14-25(29)26-21-12-9-19(3)24(16-21)32(30,31)27-22-6-4-5-18(2)15-22/h4-12,15-16,27H,13-14H2,1-3H3,(H,26,29). The zero-order valence-corrected chi connectivity index (χ0v) is 19.1. The molecular weight excluding hydrogens is 424 g/mol. The highest BCUT2D eigenvalue weighted by molar-refractivity contribution is 7.92. The fraction of sp³-hybridized carbons (Fsp3) is 0.200. The summed E-state index contributed by atoms with van der Waals surface area (Å²) in [4.78, 5) is 24.7. The molecule has 0 saturated heterocycles. The van der Waals surface area contributed by atoms with Crippen LogP contribution in [-0.4, -0.2) is 20.1 Å². The van der Waals surface area contributed by atoms with Gasteiger partial charge in [0.15, 0.2) is 5.78 Å². The van der Waals surface area contributed by atoms with Crippen LogP contribution in [0.15, 0.2) is 71.6 Å². The first kappa shape index (κ1) is 23.2. The van der Waals surface area contributed by atoms with Crippen LogP contribution < -0.4 is 10.0 Å². The minimum absolute atomic E-state index is 0.00418. The third-order valence-corrected chi connectivity index (χ3v) is 6.51. The molecule has 0 aliphatic carbocycles. The second-order valence-electron chi connectivity index (χ2n) is 7.79. The second kappa shape index (κ2) is 9.78. The van der Waals surface area contributed by atoms with Crippen LogP contribution in [0.3, 0.4) is 0 Å². The van der Waals surface area contributed by atoms with Crippen molar-refractivity contribution in [3.8, 4) is 0 Å². The van der Waals surface area contributed by atoms with E-state index in [9.17, 15) is 18.0 Å². The van der Waals surface area contributed by atoms with Crippen LogP contribution in [0, 0.1) is 20.8 Å². The lowest BCUT2D eigenvalue weighted by Gasteiger charge is -2.13. The number of carbonyl (C=O) groups excluding carboxylic acids is 2. The minimum atomic E-state index is -3.84. The molecule has 0 fully saturated rings. The van der Waals surface area contributed by atoms with Gasteiger partial charge in [-0.3, -0.25) is 14.3 Å². The molecule has 0 radical (unpaired) electrons. The number of anilines is 2. The van der Waals surface area contributed by atoms with Gasteiger partial charge in [-0.25, -0.2) is 8.42 Å². The molecular formula is C25H26N2O4S. The molecule has 2 N–H and O–H groups in total. The summed E-state index contributed by atoms with van der Waals surface area (Å²) < 4.78 is 28.4. The van der Waals surface area contributed by atoms with Crippen molar-refractivity contribution in [3.05, 3.63) is 89.0 Å². The van der Waals surface area contributed by atoms with Crippen LogP contribution in [-0.2, 0) is 14.8 Å². The maximum Gasteiger partial charge on any atom is 0.262 e. The first-order chi connectivity index (χ1) is 15.1. The monoisotopic (exact) mass is 450 g/mol. The summed E-state index contributed by atoms with van der Waals surface area (Å²) in [5.41, 5.74) is 3.93. The Kier molecular flexibility index (Phi) is 7.10. The molecule has 166 valence electrons. The molecule has 0 bridgehead atoms. The number of sulfonamides is 1. The van der Waals surface area contributed by atoms with Crippen molar-refractivity contribution < 1.29 is 18.0 Å². The molecule has 1 amide bonds. The van der Waals surface area contributed by atoms with Crippen LogP contribution in [0.25, 0.3) is 0 Å². The van der Waals surface area contributed by atoms with Gasteiger partial charge in [-0.15, -0.1) is 0 Å². The van der Waals surface area contributed by atoms with Gasteiger partial charge in [0.2, 0.25) is 5.91 Å². The summed E-state index contributed by atoms with van der Waals surface area (Å²) in [5, 5.41) is 2.69. The maximum absolute atomic E-state index is 12.9. The molecule has 0 spiro atoms. The second-order valence-corrected chi connectivity index (χ2v) is 9.44. The Hall–Kier alpha value is -3.45. The SMILES string of the molecule is Cc1ccc(C(=O)CCC(=O)Nc2ccc(C)c(S(=O)(=O)Nc3cccc(C)c3)c2)cc1. The van der Waals surface area contributed by atoms with E-state index in [4.69, 9.17) is 0 Å². The number of amides is 1. The van der Waals surface area contributed by atoms with E-state index in [0.717, 1.165) is 11.1 Å². The Bertz CT molecular complexity index is 1250. The number of hydrogen-bond acceptors (Lipinski definition) is 4. The lowest BCUT2D eigenvalue weighted by molar-refractivity contribution is -0.116. The van der Waals surface area contributed by atoms with Gasteiger partial charge in [-0.05, 0) is 56.2 Å². The van der Waals surface area contributed by atoms with Crippen molar-refractivity contribution in [2.75, 3.05) is 10.0 Å². The molecule has 6 nitrogen and oxygen atoms in total. The first-order valence-electron chi connectivity index (χ1n) is 10.2. The van der Waals surface area contributed by atoms with E-state index >= 15 is 0 Å². The number of hydrogen-bond donors (Lipinski definition) is 2. The topological polar surface area (TPSA) is 92.3 Å². The highest BCUT2D eigenvalue weighted by atomic mass is 32.2. The molecule has 3 aromatic carbocycles. The summed E-state index contributed by atoms with van der Waals surface area (Å²) in [6.07, 6.45) is 0.0744. The summed E-state index contributed by atoms with van der Waals surface area (Å²) >= 11 is 0. The molecule has 0 atom stereocenters. The number of Topliss-reactive ketones (excluding diaryl/α,β-unsaturated/α-hetero) is 1. The molecule has 0 heterocycles. The predicted molar refractivity (Wildman–Crippen MR) is 127 cm³/mol. The van der Waals surface area contributed by atoms with Gasteiger partial charge in [0.25, 0.3) is 10.0 Å². The smallest absolute Gasteiger partial charge is 0.262 e. The molecule has 7 heteroatoms. The third-order valence-electron chi connectivity index (χ3n) is 4.98. The van der Waals surface area contributed by atoms with Crippen LogP contribution >= 0.6 is 0 Å². The Labute approximate surface area is 188 Å². The van der Waals surface area contributed by atoms with Gasteiger partial charge in [-0.2, -0.15) is 0 Å². The number of rotatable bonds is 8. The Morgan fingerprint density at radius 3 is 2.19 bits per heavy atom. The van der Waals surface area contributed by atoms with Crippen molar-refractivity contribution in [2.24, 2.45) is 0 Å². The molecule has 3 rings (SSSR count). The van der Waals surface area contributed by atoms with E-state index in [2.05, 4.69) is 10.0 Å². The zero-order valence-electron chi connectivity index (χ0n) is 18.3. The molecule has 0 aromatic heterocycles. The van der Waals surface area contributed by atoms with Gasteiger partial charge < -0.3 is 5.32 Å². The van der Waals surface area contributed by atoms with E-state index in [-0.39, 0.29) is 29.4 Å². The normalized spacial score (nSPS) is 11.1.